The lowest BCUT2D eigenvalue weighted by Gasteiger charge is -2.09. The van der Waals surface area contributed by atoms with Crippen molar-refractivity contribution >= 4 is 5.82 Å². The number of benzene rings is 1. The smallest absolute Gasteiger partial charge is 0.148 e. The van der Waals surface area contributed by atoms with Gasteiger partial charge in [-0.25, -0.2) is 9.07 Å². The van der Waals surface area contributed by atoms with Crippen LogP contribution in [0.3, 0.4) is 0 Å². The molecule has 1 aliphatic heterocycles. The highest BCUT2D eigenvalue weighted by molar-refractivity contribution is 5.55. The molecule has 1 N–H and O–H groups in total. The lowest BCUT2D eigenvalue weighted by molar-refractivity contribution is 0.605. The maximum atomic E-state index is 14.2. The van der Waals surface area contributed by atoms with Crippen molar-refractivity contribution < 1.29 is 4.39 Å². The Kier molecular flexibility index (Phi) is 3.60. The number of halogens is 1. The molecule has 22 heavy (non-hydrogen) atoms. The first-order valence-electron chi connectivity index (χ1n) is 8.45. The lowest BCUT2D eigenvalue weighted by atomic mass is 9.97. The third-order valence-corrected chi connectivity index (χ3v) is 4.98. The van der Waals surface area contributed by atoms with E-state index in [1.807, 2.05) is 16.8 Å². The molecule has 0 saturated heterocycles. The molecular formula is C18H22FN3. The Morgan fingerprint density at radius 2 is 1.91 bits per heavy atom. The summed E-state index contributed by atoms with van der Waals surface area (Å²) in [5, 5.41) is 8.36. The highest BCUT2D eigenvalue weighted by atomic mass is 19.1. The molecule has 1 fully saturated rings. The number of anilines is 1. The van der Waals surface area contributed by atoms with Crippen molar-refractivity contribution in [2.45, 2.75) is 50.9 Å². The number of nitrogens with zero attached hydrogens (tertiary/aromatic N) is 2. The predicted molar refractivity (Wildman–Crippen MR) is 86.2 cm³/mol. The fourth-order valence-corrected chi connectivity index (χ4v) is 3.85. The van der Waals surface area contributed by atoms with Crippen LogP contribution >= 0.6 is 0 Å². The van der Waals surface area contributed by atoms with Crippen LogP contribution < -0.4 is 5.32 Å². The number of hydrogen-bond acceptors (Lipinski definition) is 2. The van der Waals surface area contributed by atoms with Gasteiger partial charge in [-0.05, 0) is 44.2 Å². The molecule has 2 aromatic rings. The van der Waals surface area contributed by atoms with Crippen molar-refractivity contribution in [2.75, 3.05) is 11.9 Å². The summed E-state index contributed by atoms with van der Waals surface area (Å²) in [7, 11) is 0. The molecule has 0 unspecified atom stereocenters. The van der Waals surface area contributed by atoms with Gasteiger partial charge in [0, 0.05) is 18.0 Å². The maximum Gasteiger partial charge on any atom is 0.148 e. The Morgan fingerprint density at radius 3 is 2.73 bits per heavy atom. The molecule has 0 bridgehead atoms. The van der Waals surface area contributed by atoms with Gasteiger partial charge in [0.05, 0.1) is 5.69 Å². The van der Waals surface area contributed by atoms with Crippen molar-refractivity contribution in [3.05, 3.63) is 41.3 Å². The summed E-state index contributed by atoms with van der Waals surface area (Å²) < 4.78 is 16.1. The molecule has 4 heteroatoms. The summed E-state index contributed by atoms with van der Waals surface area (Å²) >= 11 is 0. The molecule has 2 aliphatic rings. The Balaban J connectivity index is 1.86. The fraction of sp³-hybridized carbons (Fsp3) is 0.500. The molecule has 116 valence electrons. The minimum Gasteiger partial charge on any atom is -0.370 e. The Hall–Kier alpha value is -1.84. The average Bonchev–Trinajstić information content (AvgIpc) is 3.10. The van der Waals surface area contributed by atoms with Crippen LogP contribution in [0.1, 0.15) is 55.7 Å². The number of nitrogens with one attached hydrogen (secondary N) is 1. The average molecular weight is 299 g/mol. The third-order valence-electron chi connectivity index (χ3n) is 4.98. The number of fused-ring (bicyclic) bond motifs is 1. The normalized spacial score (nSPS) is 18.8. The first-order valence-corrected chi connectivity index (χ1v) is 8.45. The first-order chi connectivity index (χ1) is 10.8. The molecule has 0 amide bonds. The van der Waals surface area contributed by atoms with Crippen LogP contribution in [0, 0.1) is 5.82 Å². The Bertz CT molecular complexity index is 671. The highest BCUT2D eigenvalue weighted by Crippen LogP contribution is 2.39. The summed E-state index contributed by atoms with van der Waals surface area (Å²) in [6.07, 6.45) is 8.43. The largest absolute Gasteiger partial charge is 0.370 e. The second kappa shape index (κ2) is 5.75. The zero-order valence-electron chi connectivity index (χ0n) is 12.8. The van der Waals surface area contributed by atoms with E-state index >= 15 is 0 Å². The summed E-state index contributed by atoms with van der Waals surface area (Å²) in [5.74, 6) is 1.36. The summed E-state index contributed by atoms with van der Waals surface area (Å²) in [5.41, 5.74) is 3.09. The number of rotatable bonds is 2. The second-order valence-electron chi connectivity index (χ2n) is 6.44. The van der Waals surface area contributed by atoms with Gasteiger partial charge in [0.15, 0.2) is 0 Å². The van der Waals surface area contributed by atoms with Gasteiger partial charge in [-0.1, -0.05) is 25.0 Å². The van der Waals surface area contributed by atoms with Crippen molar-refractivity contribution in [1.29, 1.82) is 0 Å². The van der Waals surface area contributed by atoms with E-state index in [2.05, 4.69) is 5.32 Å². The van der Waals surface area contributed by atoms with Crippen LogP contribution in [0.4, 0.5) is 10.2 Å². The van der Waals surface area contributed by atoms with Gasteiger partial charge in [0.25, 0.3) is 0 Å². The maximum absolute atomic E-state index is 14.2. The Morgan fingerprint density at radius 1 is 1.09 bits per heavy atom. The summed E-state index contributed by atoms with van der Waals surface area (Å²) in [4.78, 5) is 0. The van der Waals surface area contributed by atoms with E-state index in [0.717, 1.165) is 25.2 Å². The van der Waals surface area contributed by atoms with Crippen molar-refractivity contribution in [2.24, 2.45) is 0 Å². The molecule has 2 heterocycles. The highest BCUT2D eigenvalue weighted by Gasteiger charge is 2.28. The van der Waals surface area contributed by atoms with Crippen LogP contribution in [-0.4, -0.2) is 16.3 Å². The topological polar surface area (TPSA) is 29.9 Å². The van der Waals surface area contributed by atoms with E-state index < -0.39 is 0 Å². The molecule has 1 saturated carbocycles. The molecule has 0 atom stereocenters. The SMILES string of the molecule is Fc1ccccc1-n1nc(C2CCCC2)c2c1NCCCC2. The molecule has 0 radical (unpaired) electrons. The van der Waals surface area contributed by atoms with Gasteiger partial charge >= 0.3 is 0 Å². The third kappa shape index (κ3) is 2.31. The zero-order chi connectivity index (χ0) is 14.9. The van der Waals surface area contributed by atoms with E-state index in [-0.39, 0.29) is 5.82 Å². The number of para-hydroxylation sites is 1. The van der Waals surface area contributed by atoms with E-state index in [4.69, 9.17) is 5.10 Å². The van der Waals surface area contributed by atoms with Gasteiger partial charge in [-0.3, -0.25) is 0 Å². The van der Waals surface area contributed by atoms with Crippen molar-refractivity contribution in [3.63, 3.8) is 0 Å². The van der Waals surface area contributed by atoms with E-state index in [9.17, 15) is 4.39 Å². The minimum absolute atomic E-state index is 0.211. The van der Waals surface area contributed by atoms with E-state index in [1.54, 1.807) is 6.07 Å². The molecule has 1 aromatic heterocycles. The van der Waals surface area contributed by atoms with Gasteiger partial charge in [-0.2, -0.15) is 5.10 Å². The van der Waals surface area contributed by atoms with E-state index in [0.29, 0.717) is 11.6 Å². The zero-order valence-corrected chi connectivity index (χ0v) is 12.8. The predicted octanol–water partition coefficient (Wildman–Crippen LogP) is 4.42. The summed E-state index contributed by atoms with van der Waals surface area (Å²) in [6, 6.07) is 6.92. The van der Waals surface area contributed by atoms with Gasteiger partial charge < -0.3 is 5.32 Å². The quantitative estimate of drug-likeness (QED) is 0.889. The molecular weight excluding hydrogens is 277 g/mol. The molecule has 1 aliphatic carbocycles. The summed E-state index contributed by atoms with van der Waals surface area (Å²) in [6.45, 7) is 0.942. The molecule has 4 rings (SSSR count). The van der Waals surface area contributed by atoms with Crippen LogP contribution in [0.2, 0.25) is 0 Å². The van der Waals surface area contributed by atoms with E-state index in [1.165, 1.54) is 49.4 Å². The molecule has 3 nitrogen and oxygen atoms in total. The van der Waals surface area contributed by atoms with Crippen LogP contribution in [0.15, 0.2) is 24.3 Å². The van der Waals surface area contributed by atoms with Gasteiger partial charge in [0.1, 0.15) is 17.3 Å². The molecule has 0 spiro atoms. The fourth-order valence-electron chi connectivity index (χ4n) is 3.85. The lowest BCUT2D eigenvalue weighted by Crippen LogP contribution is -2.08. The number of hydrogen-bond donors (Lipinski definition) is 1. The standard InChI is InChI=1S/C18H22FN3/c19-15-10-3-4-11-16(15)22-18-14(9-5-6-12-20-18)17(21-22)13-7-1-2-8-13/h3-4,10-11,13,20H,1-2,5-9,12H2. The van der Waals surface area contributed by atoms with Gasteiger partial charge in [-0.15, -0.1) is 0 Å². The number of aromatic nitrogens is 2. The monoisotopic (exact) mass is 299 g/mol. The van der Waals surface area contributed by atoms with Crippen molar-refractivity contribution in [3.8, 4) is 5.69 Å². The van der Waals surface area contributed by atoms with Crippen LogP contribution in [0.5, 0.6) is 0 Å². The Labute approximate surface area is 130 Å². The first kappa shape index (κ1) is 13.8. The van der Waals surface area contributed by atoms with Crippen LogP contribution in [-0.2, 0) is 6.42 Å². The minimum atomic E-state index is -0.211. The second-order valence-corrected chi connectivity index (χ2v) is 6.44. The molecule has 1 aromatic carbocycles. The van der Waals surface area contributed by atoms with Crippen LogP contribution in [0.25, 0.3) is 5.69 Å². The van der Waals surface area contributed by atoms with Gasteiger partial charge in [0.2, 0.25) is 0 Å². The van der Waals surface area contributed by atoms with Crippen molar-refractivity contribution in [1.82, 2.24) is 9.78 Å².